The molecule has 0 aliphatic heterocycles. The van der Waals surface area contributed by atoms with Gasteiger partial charge in [0.05, 0.1) is 18.5 Å². The molecule has 0 unspecified atom stereocenters. The Balaban J connectivity index is 1.71. The summed E-state index contributed by atoms with van der Waals surface area (Å²) in [6.45, 7) is 0.311. The monoisotopic (exact) mass is 480 g/mol. The Bertz CT molecular complexity index is 1160. The lowest BCUT2D eigenvalue weighted by atomic mass is 10.1. The lowest BCUT2D eigenvalue weighted by Gasteiger charge is -2.23. The zero-order valence-corrected chi connectivity index (χ0v) is 18.8. The van der Waals surface area contributed by atoms with Crippen molar-refractivity contribution >= 4 is 44.8 Å². The lowest BCUT2D eigenvalue weighted by Crippen LogP contribution is -2.29. The van der Waals surface area contributed by atoms with Crippen molar-refractivity contribution in [3.05, 3.63) is 99.3 Å². The Labute approximate surface area is 190 Å². The Kier molecular flexibility index (Phi) is 7.20. The second-order valence-electron chi connectivity index (χ2n) is 6.90. The number of nitrogens with zero attached hydrogens (tertiary/aromatic N) is 1. The Morgan fingerprint density at radius 1 is 0.935 bits per heavy atom. The van der Waals surface area contributed by atoms with Crippen LogP contribution in [0.3, 0.4) is 0 Å². The smallest absolute Gasteiger partial charge is 0.251 e. The molecule has 0 fully saturated rings. The summed E-state index contributed by atoms with van der Waals surface area (Å²) in [5, 5.41) is 3.41. The molecule has 0 heterocycles. The highest BCUT2D eigenvalue weighted by molar-refractivity contribution is 7.92. The first-order valence-corrected chi connectivity index (χ1v) is 11.8. The molecule has 0 spiro atoms. The minimum absolute atomic E-state index is 0.0486. The zero-order valence-electron chi connectivity index (χ0n) is 16.5. The molecule has 1 amide bonds. The number of hydrogen-bond donors (Lipinski definition) is 1. The van der Waals surface area contributed by atoms with E-state index in [9.17, 15) is 17.6 Å². The predicted octanol–water partition coefficient (Wildman–Crippen LogP) is 5.03. The van der Waals surface area contributed by atoms with Crippen LogP contribution in [-0.2, 0) is 23.1 Å². The number of rotatable bonds is 7. The van der Waals surface area contributed by atoms with Crippen LogP contribution in [-0.4, -0.2) is 20.6 Å². The number of carbonyl (C=O) groups excluding carboxylic acids is 1. The molecule has 0 bridgehead atoms. The Morgan fingerprint density at radius 2 is 1.48 bits per heavy atom. The van der Waals surface area contributed by atoms with Gasteiger partial charge in [-0.05, 0) is 53.6 Å². The van der Waals surface area contributed by atoms with E-state index in [1.165, 1.54) is 34.6 Å². The average molecular weight is 481 g/mol. The van der Waals surface area contributed by atoms with Crippen molar-refractivity contribution in [3.8, 4) is 0 Å². The van der Waals surface area contributed by atoms with Crippen LogP contribution >= 0.6 is 23.2 Å². The van der Waals surface area contributed by atoms with Gasteiger partial charge in [-0.15, -0.1) is 0 Å². The van der Waals surface area contributed by atoms with Crippen molar-refractivity contribution in [2.24, 2.45) is 0 Å². The van der Waals surface area contributed by atoms with Crippen molar-refractivity contribution in [3.63, 3.8) is 0 Å². The molecule has 0 atom stereocenters. The average Bonchev–Trinajstić information content (AvgIpc) is 2.70. The van der Waals surface area contributed by atoms with Crippen molar-refractivity contribution in [1.82, 2.24) is 5.32 Å². The number of sulfonamides is 1. The van der Waals surface area contributed by atoms with E-state index in [2.05, 4.69) is 5.32 Å². The number of amides is 1. The van der Waals surface area contributed by atoms with E-state index in [1.54, 1.807) is 36.4 Å². The first-order chi connectivity index (χ1) is 14.6. The molecule has 9 heteroatoms. The van der Waals surface area contributed by atoms with Gasteiger partial charge < -0.3 is 5.32 Å². The summed E-state index contributed by atoms with van der Waals surface area (Å²) >= 11 is 12.0. The first-order valence-electron chi connectivity index (χ1n) is 9.17. The van der Waals surface area contributed by atoms with Gasteiger partial charge in [-0.3, -0.25) is 9.10 Å². The summed E-state index contributed by atoms with van der Waals surface area (Å²) in [4.78, 5) is 12.4. The summed E-state index contributed by atoms with van der Waals surface area (Å²) in [7, 11) is -3.61. The van der Waals surface area contributed by atoms with E-state index < -0.39 is 10.0 Å². The van der Waals surface area contributed by atoms with Gasteiger partial charge in [0.1, 0.15) is 5.82 Å². The summed E-state index contributed by atoms with van der Waals surface area (Å²) < 4.78 is 38.8. The highest BCUT2D eigenvalue weighted by atomic mass is 35.5. The van der Waals surface area contributed by atoms with Gasteiger partial charge in [0.2, 0.25) is 10.0 Å². The van der Waals surface area contributed by atoms with E-state index in [1.807, 2.05) is 0 Å². The van der Waals surface area contributed by atoms with Crippen LogP contribution in [0.2, 0.25) is 10.0 Å². The molecule has 0 saturated heterocycles. The highest BCUT2D eigenvalue weighted by Gasteiger charge is 2.19. The quantitative estimate of drug-likeness (QED) is 0.515. The molecule has 0 aromatic heterocycles. The standard InChI is InChI=1S/C22H19Cl2FN2O3S/c1-31(29,30)27(21-11-18(23)10-19(24)12-21)14-16-2-6-17(7-3-16)22(28)26-13-15-4-8-20(25)9-5-15/h2-12H,13-14H2,1H3,(H,26,28). The largest absolute Gasteiger partial charge is 0.348 e. The van der Waals surface area contributed by atoms with E-state index in [0.717, 1.165) is 11.8 Å². The number of hydrogen-bond acceptors (Lipinski definition) is 3. The third-order valence-electron chi connectivity index (χ3n) is 4.44. The molecule has 31 heavy (non-hydrogen) atoms. The summed E-state index contributed by atoms with van der Waals surface area (Å²) in [5.41, 5.74) is 2.22. The van der Waals surface area contributed by atoms with E-state index >= 15 is 0 Å². The number of nitrogens with one attached hydrogen (secondary N) is 1. The van der Waals surface area contributed by atoms with E-state index in [0.29, 0.717) is 26.9 Å². The maximum Gasteiger partial charge on any atom is 0.251 e. The van der Waals surface area contributed by atoms with Gasteiger partial charge in [-0.2, -0.15) is 0 Å². The normalized spacial score (nSPS) is 11.2. The summed E-state index contributed by atoms with van der Waals surface area (Å²) in [6.07, 6.45) is 1.10. The maximum atomic E-state index is 13.0. The fraction of sp³-hybridized carbons (Fsp3) is 0.136. The van der Waals surface area contributed by atoms with Crippen molar-refractivity contribution in [2.75, 3.05) is 10.6 Å². The van der Waals surface area contributed by atoms with Crippen LogP contribution < -0.4 is 9.62 Å². The number of halogens is 3. The summed E-state index contributed by atoms with van der Waals surface area (Å²) in [5.74, 6) is -0.633. The zero-order chi connectivity index (χ0) is 22.6. The van der Waals surface area contributed by atoms with Gasteiger partial charge in [-0.25, -0.2) is 12.8 Å². The third kappa shape index (κ3) is 6.43. The van der Waals surface area contributed by atoms with Crippen molar-refractivity contribution in [1.29, 1.82) is 0 Å². The molecule has 0 radical (unpaired) electrons. The van der Waals surface area contributed by atoms with Gasteiger partial charge >= 0.3 is 0 Å². The minimum Gasteiger partial charge on any atom is -0.348 e. The fourth-order valence-electron chi connectivity index (χ4n) is 2.90. The molecule has 0 aliphatic rings. The second-order valence-corrected chi connectivity index (χ2v) is 9.68. The van der Waals surface area contributed by atoms with Gasteiger partial charge in [0, 0.05) is 22.2 Å². The summed E-state index contributed by atoms with van der Waals surface area (Å²) in [6, 6.07) is 17.0. The molecule has 3 aromatic rings. The SMILES string of the molecule is CS(=O)(=O)N(Cc1ccc(C(=O)NCc2ccc(F)cc2)cc1)c1cc(Cl)cc(Cl)c1. The topological polar surface area (TPSA) is 66.5 Å². The van der Waals surface area contributed by atoms with Crippen LogP contribution in [0.5, 0.6) is 0 Å². The number of benzene rings is 3. The van der Waals surface area contributed by atoms with Crippen LogP contribution in [0.15, 0.2) is 66.7 Å². The third-order valence-corrected chi connectivity index (χ3v) is 6.02. The molecular formula is C22H19Cl2FN2O3S. The molecule has 5 nitrogen and oxygen atoms in total. The first kappa shape index (κ1) is 23.1. The molecule has 0 saturated carbocycles. The molecule has 0 aliphatic carbocycles. The molecule has 1 N–H and O–H groups in total. The van der Waals surface area contributed by atoms with Gasteiger partial charge in [-0.1, -0.05) is 47.5 Å². The van der Waals surface area contributed by atoms with Crippen LogP contribution in [0.4, 0.5) is 10.1 Å². The Hall–Kier alpha value is -2.61. The number of carbonyl (C=O) groups is 1. The minimum atomic E-state index is -3.61. The van der Waals surface area contributed by atoms with Crippen LogP contribution in [0.25, 0.3) is 0 Å². The highest BCUT2D eigenvalue weighted by Crippen LogP contribution is 2.28. The fourth-order valence-corrected chi connectivity index (χ4v) is 4.28. The number of anilines is 1. The lowest BCUT2D eigenvalue weighted by molar-refractivity contribution is 0.0951. The molecule has 162 valence electrons. The van der Waals surface area contributed by atoms with Crippen molar-refractivity contribution in [2.45, 2.75) is 13.1 Å². The van der Waals surface area contributed by atoms with E-state index in [4.69, 9.17) is 23.2 Å². The van der Waals surface area contributed by atoms with Crippen LogP contribution in [0.1, 0.15) is 21.5 Å². The Morgan fingerprint density at radius 3 is 2.03 bits per heavy atom. The maximum absolute atomic E-state index is 13.0. The second kappa shape index (κ2) is 9.68. The molecule has 3 rings (SSSR count). The van der Waals surface area contributed by atoms with Gasteiger partial charge in [0.15, 0.2) is 0 Å². The van der Waals surface area contributed by atoms with Crippen molar-refractivity contribution < 1.29 is 17.6 Å². The molecule has 3 aromatic carbocycles. The van der Waals surface area contributed by atoms with Crippen LogP contribution in [0, 0.1) is 5.82 Å². The van der Waals surface area contributed by atoms with E-state index in [-0.39, 0.29) is 24.8 Å². The van der Waals surface area contributed by atoms with Gasteiger partial charge in [0.25, 0.3) is 5.91 Å². The molecular weight excluding hydrogens is 462 g/mol. The predicted molar refractivity (Wildman–Crippen MR) is 122 cm³/mol.